The predicted octanol–water partition coefficient (Wildman–Crippen LogP) is 2.84. The normalized spacial score (nSPS) is 11.9. The molecule has 0 radical (unpaired) electrons. The second kappa shape index (κ2) is 7.55. The van der Waals surface area contributed by atoms with Gasteiger partial charge in [-0.05, 0) is 38.1 Å². The number of para-hydroxylation sites is 1. The van der Waals surface area contributed by atoms with Crippen molar-refractivity contribution in [1.29, 1.82) is 0 Å². The molecule has 110 valence electrons. The molecule has 0 bridgehead atoms. The number of pyridine rings is 1. The Bertz CT molecular complexity index is 584. The smallest absolute Gasteiger partial charge is 0.183 e. The summed E-state index contributed by atoms with van der Waals surface area (Å²) < 4.78 is 5.51. The third-order valence-corrected chi connectivity index (χ3v) is 3.16. The zero-order chi connectivity index (χ0) is 15.1. The molecule has 2 aromatic rings. The number of carbonyl (C=O) groups is 1. The van der Waals surface area contributed by atoms with Gasteiger partial charge in [0.05, 0.1) is 23.9 Å². The molecule has 1 heterocycles. The Hall–Kier alpha value is -2.20. The van der Waals surface area contributed by atoms with Gasteiger partial charge < -0.3 is 10.1 Å². The maximum atomic E-state index is 12.5. The molecule has 0 amide bonds. The molecule has 0 saturated heterocycles. The van der Waals surface area contributed by atoms with E-state index >= 15 is 0 Å². The average Bonchev–Trinajstić information content (AvgIpc) is 2.54. The summed E-state index contributed by atoms with van der Waals surface area (Å²) in [5, 5.41) is 3.20. The molecule has 2 rings (SSSR count). The fraction of sp³-hybridized carbons (Fsp3) is 0.294. The quantitative estimate of drug-likeness (QED) is 0.794. The number of aromatic nitrogens is 1. The van der Waals surface area contributed by atoms with Crippen LogP contribution in [0.5, 0.6) is 5.75 Å². The topological polar surface area (TPSA) is 51.2 Å². The van der Waals surface area contributed by atoms with E-state index in [1.54, 1.807) is 12.3 Å². The Morgan fingerprint density at radius 3 is 2.71 bits per heavy atom. The summed E-state index contributed by atoms with van der Waals surface area (Å²) in [6.07, 6.45) is 1.74. The van der Waals surface area contributed by atoms with Crippen LogP contribution < -0.4 is 10.1 Å². The highest BCUT2D eigenvalue weighted by molar-refractivity contribution is 6.02. The van der Waals surface area contributed by atoms with Crippen molar-refractivity contribution in [3.63, 3.8) is 0 Å². The van der Waals surface area contributed by atoms with E-state index < -0.39 is 0 Å². The van der Waals surface area contributed by atoms with Crippen molar-refractivity contribution < 1.29 is 9.53 Å². The molecular weight excluding hydrogens is 264 g/mol. The van der Waals surface area contributed by atoms with E-state index in [4.69, 9.17) is 4.74 Å². The van der Waals surface area contributed by atoms with Crippen molar-refractivity contribution in [3.8, 4) is 5.75 Å². The summed E-state index contributed by atoms with van der Waals surface area (Å²) in [7, 11) is 0. The molecule has 1 unspecified atom stereocenters. The maximum absolute atomic E-state index is 12.5. The molecule has 0 aliphatic heterocycles. The highest BCUT2D eigenvalue weighted by atomic mass is 16.5. The Labute approximate surface area is 125 Å². The Kier molecular flexibility index (Phi) is 5.46. The van der Waals surface area contributed by atoms with Gasteiger partial charge in [-0.25, -0.2) is 0 Å². The number of nitrogens with zero attached hydrogens (tertiary/aromatic N) is 1. The van der Waals surface area contributed by atoms with Crippen molar-refractivity contribution >= 4 is 5.78 Å². The summed E-state index contributed by atoms with van der Waals surface area (Å²) in [6.45, 7) is 4.86. The first-order chi connectivity index (χ1) is 10.2. The molecule has 0 fully saturated rings. The lowest BCUT2D eigenvalue weighted by atomic mass is 10.0. The molecule has 1 atom stereocenters. The van der Waals surface area contributed by atoms with Gasteiger partial charge in [0.2, 0.25) is 0 Å². The summed E-state index contributed by atoms with van der Waals surface area (Å²) in [4.78, 5) is 16.7. The van der Waals surface area contributed by atoms with Crippen LogP contribution in [0.25, 0.3) is 0 Å². The lowest BCUT2D eigenvalue weighted by Crippen LogP contribution is -2.34. The van der Waals surface area contributed by atoms with E-state index in [9.17, 15) is 4.79 Å². The van der Waals surface area contributed by atoms with Gasteiger partial charge in [-0.2, -0.15) is 0 Å². The SMILES string of the molecule is CCOc1ccccc1C(=O)C(C)NCc1ccccn1. The maximum Gasteiger partial charge on any atom is 0.183 e. The van der Waals surface area contributed by atoms with Crippen LogP contribution in [0.2, 0.25) is 0 Å². The molecule has 0 spiro atoms. The number of rotatable bonds is 7. The monoisotopic (exact) mass is 284 g/mol. The van der Waals surface area contributed by atoms with E-state index in [0.717, 1.165) is 5.69 Å². The van der Waals surface area contributed by atoms with Gasteiger partial charge in [-0.1, -0.05) is 18.2 Å². The molecule has 1 aromatic carbocycles. The first kappa shape index (κ1) is 15.2. The second-order valence-corrected chi connectivity index (χ2v) is 4.72. The number of hydrogen-bond acceptors (Lipinski definition) is 4. The molecule has 0 aliphatic carbocycles. The number of ketones is 1. The van der Waals surface area contributed by atoms with Crippen LogP contribution in [0.4, 0.5) is 0 Å². The van der Waals surface area contributed by atoms with Crippen LogP contribution in [-0.2, 0) is 6.54 Å². The number of Topliss-reactive ketones (excluding diaryl/α,β-unsaturated/α-hetero) is 1. The van der Waals surface area contributed by atoms with Crippen LogP contribution in [0.1, 0.15) is 29.9 Å². The summed E-state index contributed by atoms with van der Waals surface area (Å²) in [6, 6.07) is 12.8. The van der Waals surface area contributed by atoms with Crippen LogP contribution >= 0.6 is 0 Å². The van der Waals surface area contributed by atoms with Crippen molar-refractivity contribution in [1.82, 2.24) is 10.3 Å². The Balaban J connectivity index is 2.02. The average molecular weight is 284 g/mol. The number of carbonyl (C=O) groups excluding carboxylic acids is 1. The number of ether oxygens (including phenoxy) is 1. The molecule has 0 aliphatic rings. The third kappa shape index (κ3) is 4.13. The molecule has 0 saturated carbocycles. The second-order valence-electron chi connectivity index (χ2n) is 4.72. The minimum Gasteiger partial charge on any atom is -0.493 e. The zero-order valence-electron chi connectivity index (χ0n) is 12.4. The van der Waals surface area contributed by atoms with Gasteiger partial charge in [0.25, 0.3) is 0 Å². The van der Waals surface area contributed by atoms with Gasteiger partial charge in [-0.15, -0.1) is 0 Å². The fourth-order valence-corrected chi connectivity index (χ4v) is 2.04. The number of nitrogens with one attached hydrogen (secondary N) is 1. The standard InChI is InChI=1S/C17H20N2O2/c1-3-21-16-10-5-4-9-15(16)17(20)13(2)19-12-14-8-6-7-11-18-14/h4-11,13,19H,3,12H2,1-2H3. The molecule has 4 nitrogen and oxygen atoms in total. The van der Waals surface area contributed by atoms with Gasteiger partial charge >= 0.3 is 0 Å². The number of benzene rings is 1. The van der Waals surface area contributed by atoms with Crippen molar-refractivity contribution in [3.05, 3.63) is 59.9 Å². The van der Waals surface area contributed by atoms with E-state index in [2.05, 4.69) is 10.3 Å². The Morgan fingerprint density at radius 1 is 1.24 bits per heavy atom. The minimum atomic E-state index is -0.298. The highest BCUT2D eigenvalue weighted by Crippen LogP contribution is 2.19. The first-order valence-electron chi connectivity index (χ1n) is 7.11. The van der Waals surface area contributed by atoms with E-state index in [-0.39, 0.29) is 11.8 Å². The predicted molar refractivity (Wildman–Crippen MR) is 82.5 cm³/mol. The zero-order valence-corrected chi connectivity index (χ0v) is 12.4. The Morgan fingerprint density at radius 2 is 2.00 bits per heavy atom. The van der Waals surface area contributed by atoms with Gasteiger partial charge in [0.15, 0.2) is 5.78 Å². The molecule has 4 heteroatoms. The van der Waals surface area contributed by atoms with Crippen LogP contribution in [0.3, 0.4) is 0 Å². The molecule has 1 N–H and O–H groups in total. The lowest BCUT2D eigenvalue weighted by molar-refractivity contribution is 0.0946. The first-order valence-corrected chi connectivity index (χ1v) is 7.11. The van der Waals surface area contributed by atoms with Crippen LogP contribution in [0, 0.1) is 0 Å². The van der Waals surface area contributed by atoms with E-state index in [1.807, 2.05) is 50.2 Å². The van der Waals surface area contributed by atoms with Crippen LogP contribution in [0.15, 0.2) is 48.7 Å². The van der Waals surface area contributed by atoms with Crippen molar-refractivity contribution in [2.45, 2.75) is 26.4 Å². The van der Waals surface area contributed by atoms with Crippen LogP contribution in [-0.4, -0.2) is 23.4 Å². The van der Waals surface area contributed by atoms with E-state index in [0.29, 0.717) is 24.5 Å². The molecule has 1 aromatic heterocycles. The van der Waals surface area contributed by atoms with Gasteiger partial charge in [0.1, 0.15) is 5.75 Å². The summed E-state index contributed by atoms with van der Waals surface area (Å²) in [5.74, 6) is 0.659. The summed E-state index contributed by atoms with van der Waals surface area (Å²) in [5.41, 5.74) is 1.52. The largest absolute Gasteiger partial charge is 0.493 e. The number of hydrogen-bond donors (Lipinski definition) is 1. The van der Waals surface area contributed by atoms with Gasteiger partial charge in [0, 0.05) is 12.7 Å². The molecular formula is C17H20N2O2. The summed E-state index contributed by atoms with van der Waals surface area (Å²) >= 11 is 0. The molecule has 21 heavy (non-hydrogen) atoms. The lowest BCUT2D eigenvalue weighted by Gasteiger charge is -2.15. The highest BCUT2D eigenvalue weighted by Gasteiger charge is 2.18. The van der Waals surface area contributed by atoms with E-state index in [1.165, 1.54) is 0 Å². The van der Waals surface area contributed by atoms with Gasteiger partial charge in [-0.3, -0.25) is 9.78 Å². The third-order valence-electron chi connectivity index (χ3n) is 3.16. The van der Waals surface area contributed by atoms with Crippen molar-refractivity contribution in [2.75, 3.05) is 6.61 Å². The minimum absolute atomic E-state index is 0.0231. The van der Waals surface area contributed by atoms with Crippen molar-refractivity contribution in [2.24, 2.45) is 0 Å². The fourth-order valence-electron chi connectivity index (χ4n) is 2.04.